The van der Waals surface area contributed by atoms with E-state index in [2.05, 4.69) is 11.4 Å². The predicted molar refractivity (Wildman–Crippen MR) is 139 cm³/mol. The second kappa shape index (κ2) is 10.1. The number of rotatable bonds is 6. The van der Waals surface area contributed by atoms with Crippen LogP contribution >= 0.6 is 22.7 Å². The average Bonchev–Trinajstić information content (AvgIpc) is 3.44. The predicted octanol–water partition coefficient (Wildman–Crippen LogP) is 5.73. The molecule has 2 amide bonds. The van der Waals surface area contributed by atoms with Crippen molar-refractivity contribution in [1.29, 1.82) is 0 Å². The van der Waals surface area contributed by atoms with E-state index in [1.54, 1.807) is 30.3 Å². The number of methoxy groups -OCH3 is 1. The number of aromatic nitrogens is 1. The second-order valence-corrected chi connectivity index (χ2v) is 10.3. The normalized spacial score (nSPS) is 12.9. The van der Waals surface area contributed by atoms with E-state index in [1.165, 1.54) is 11.3 Å². The Labute approximate surface area is 211 Å². The highest BCUT2D eigenvalue weighted by Gasteiger charge is 2.30. The van der Waals surface area contributed by atoms with Crippen LogP contribution in [0.25, 0.3) is 20.8 Å². The van der Waals surface area contributed by atoms with Crippen molar-refractivity contribution in [3.05, 3.63) is 64.5 Å². The highest BCUT2D eigenvalue weighted by Crippen LogP contribution is 2.45. The maximum atomic E-state index is 13.0. The quantitative estimate of drug-likeness (QED) is 0.361. The van der Waals surface area contributed by atoms with Gasteiger partial charge in [-0.05, 0) is 48.7 Å². The zero-order valence-electron chi connectivity index (χ0n) is 19.5. The van der Waals surface area contributed by atoms with E-state index in [0.717, 1.165) is 47.5 Å². The molecule has 3 heterocycles. The van der Waals surface area contributed by atoms with Gasteiger partial charge in [0, 0.05) is 17.0 Å². The molecule has 180 valence electrons. The van der Waals surface area contributed by atoms with Crippen molar-refractivity contribution in [3.63, 3.8) is 0 Å². The summed E-state index contributed by atoms with van der Waals surface area (Å²) in [5.41, 5.74) is 3.96. The fourth-order valence-electron chi connectivity index (χ4n) is 4.17. The molecule has 0 saturated heterocycles. The standard InChI is InChI=1S/C26H25N3O4S2/c1-3-33-26(31)29-13-12-18-21(15-29)35-25(23(18)24-27-19-6-4-5-7-20(19)34-24)28-22(30)14-16-8-10-17(32-2)11-9-16/h4-11H,3,12-15H2,1-2H3,(H,28,30). The average molecular weight is 508 g/mol. The molecule has 0 unspecified atom stereocenters. The molecule has 0 aliphatic carbocycles. The van der Waals surface area contributed by atoms with Crippen molar-refractivity contribution in [2.45, 2.75) is 26.3 Å². The molecule has 35 heavy (non-hydrogen) atoms. The first kappa shape index (κ1) is 23.3. The lowest BCUT2D eigenvalue weighted by atomic mass is 10.0. The molecule has 7 nitrogen and oxygen atoms in total. The Hall–Kier alpha value is -3.43. The summed E-state index contributed by atoms with van der Waals surface area (Å²) < 4.78 is 11.5. The molecular formula is C26H25N3O4S2. The maximum Gasteiger partial charge on any atom is 0.410 e. The van der Waals surface area contributed by atoms with Gasteiger partial charge in [0.2, 0.25) is 5.91 Å². The van der Waals surface area contributed by atoms with Gasteiger partial charge in [0.05, 0.1) is 36.9 Å². The second-order valence-electron chi connectivity index (χ2n) is 8.14. The molecule has 0 atom stereocenters. The van der Waals surface area contributed by atoms with Crippen molar-refractivity contribution >= 4 is 49.9 Å². The summed E-state index contributed by atoms with van der Waals surface area (Å²) in [6.07, 6.45) is 0.628. The number of anilines is 1. The number of thiophene rings is 1. The molecule has 0 spiro atoms. The number of nitrogens with zero attached hydrogens (tertiary/aromatic N) is 2. The van der Waals surface area contributed by atoms with E-state index in [-0.39, 0.29) is 18.4 Å². The minimum absolute atomic E-state index is 0.0987. The van der Waals surface area contributed by atoms with Gasteiger partial charge >= 0.3 is 6.09 Å². The summed E-state index contributed by atoms with van der Waals surface area (Å²) >= 11 is 3.13. The van der Waals surface area contributed by atoms with Crippen LogP contribution in [0.5, 0.6) is 5.75 Å². The number of hydrogen-bond acceptors (Lipinski definition) is 7. The number of fused-ring (bicyclic) bond motifs is 2. The summed E-state index contributed by atoms with van der Waals surface area (Å²) in [5.74, 6) is 0.655. The molecule has 0 bridgehead atoms. The Balaban J connectivity index is 1.47. The number of carbonyl (C=O) groups excluding carboxylic acids is 2. The van der Waals surface area contributed by atoms with Gasteiger partial charge in [-0.3, -0.25) is 4.79 Å². The van der Waals surface area contributed by atoms with Gasteiger partial charge in [-0.15, -0.1) is 22.7 Å². The number of hydrogen-bond donors (Lipinski definition) is 1. The third-order valence-corrected chi connectivity index (χ3v) is 8.05. The Kier molecular flexibility index (Phi) is 6.70. The van der Waals surface area contributed by atoms with Crippen LogP contribution in [-0.4, -0.2) is 42.1 Å². The van der Waals surface area contributed by atoms with Crippen LogP contribution in [0.1, 0.15) is 22.9 Å². The number of benzene rings is 2. The first-order valence-corrected chi connectivity index (χ1v) is 13.0. The topological polar surface area (TPSA) is 80.8 Å². The zero-order chi connectivity index (χ0) is 24.4. The van der Waals surface area contributed by atoms with Gasteiger partial charge in [-0.2, -0.15) is 0 Å². The molecule has 1 N–H and O–H groups in total. The third kappa shape index (κ3) is 4.87. The van der Waals surface area contributed by atoms with Gasteiger partial charge in [-0.25, -0.2) is 9.78 Å². The molecule has 1 aliphatic rings. The number of carbonyl (C=O) groups is 2. The molecule has 0 fully saturated rings. The fraction of sp³-hybridized carbons (Fsp3) is 0.269. The number of thiazole rings is 1. The van der Waals surface area contributed by atoms with Crippen LogP contribution in [0, 0.1) is 0 Å². The Morgan fingerprint density at radius 3 is 2.66 bits per heavy atom. The van der Waals surface area contributed by atoms with Crippen LogP contribution in [0.15, 0.2) is 48.5 Å². The van der Waals surface area contributed by atoms with Crippen molar-refractivity contribution in [3.8, 4) is 16.3 Å². The summed E-state index contributed by atoms with van der Waals surface area (Å²) in [7, 11) is 1.62. The zero-order valence-corrected chi connectivity index (χ0v) is 21.1. The van der Waals surface area contributed by atoms with Crippen LogP contribution in [0.4, 0.5) is 9.80 Å². The van der Waals surface area contributed by atoms with E-state index in [0.29, 0.717) is 26.1 Å². The SMILES string of the molecule is CCOC(=O)N1CCc2c(sc(NC(=O)Cc3ccc(OC)cc3)c2-c2nc3ccccc3s2)C1. The van der Waals surface area contributed by atoms with Crippen molar-refractivity contribution in [2.75, 3.05) is 25.6 Å². The van der Waals surface area contributed by atoms with Gasteiger partial charge in [0.25, 0.3) is 0 Å². The molecule has 5 rings (SSSR count). The van der Waals surface area contributed by atoms with Crippen LogP contribution in [-0.2, 0) is 28.9 Å². The number of nitrogens with one attached hydrogen (secondary N) is 1. The molecule has 2 aromatic carbocycles. The third-order valence-electron chi connectivity index (χ3n) is 5.87. The van der Waals surface area contributed by atoms with E-state index >= 15 is 0 Å². The van der Waals surface area contributed by atoms with Crippen LogP contribution in [0.3, 0.4) is 0 Å². The minimum atomic E-state index is -0.307. The van der Waals surface area contributed by atoms with Gasteiger partial charge in [0.1, 0.15) is 15.8 Å². The highest BCUT2D eigenvalue weighted by molar-refractivity contribution is 7.22. The van der Waals surface area contributed by atoms with E-state index < -0.39 is 0 Å². The lowest BCUT2D eigenvalue weighted by molar-refractivity contribution is -0.115. The number of amides is 2. The maximum absolute atomic E-state index is 13.0. The largest absolute Gasteiger partial charge is 0.497 e. The van der Waals surface area contributed by atoms with Gasteiger partial charge in [0.15, 0.2) is 0 Å². The monoisotopic (exact) mass is 507 g/mol. The summed E-state index contributed by atoms with van der Waals surface area (Å²) in [5, 5.41) is 4.80. The van der Waals surface area contributed by atoms with E-state index in [9.17, 15) is 9.59 Å². The van der Waals surface area contributed by atoms with Gasteiger partial charge < -0.3 is 19.7 Å². The van der Waals surface area contributed by atoms with Crippen molar-refractivity contribution in [1.82, 2.24) is 9.88 Å². The van der Waals surface area contributed by atoms with Crippen molar-refractivity contribution in [2.24, 2.45) is 0 Å². The molecule has 2 aromatic heterocycles. The summed E-state index contributed by atoms with van der Waals surface area (Å²) in [6.45, 7) is 3.18. The Morgan fingerprint density at radius 1 is 1.11 bits per heavy atom. The van der Waals surface area contributed by atoms with E-state index in [1.807, 2.05) is 42.5 Å². The molecule has 4 aromatic rings. The lowest BCUT2D eigenvalue weighted by Crippen LogP contribution is -2.35. The first-order valence-electron chi connectivity index (χ1n) is 11.4. The Morgan fingerprint density at radius 2 is 1.91 bits per heavy atom. The fourth-order valence-corrected chi connectivity index (χ4v) is 6.56. The first-order chi connectivity index (χ1) is 17.1. The van der Waals surface area contributed by atoms with E-state index in [4.69, 9.17) is 14.5 Å². The molecular weight excluding hydrogens is 482 g/mol. The van der Waals surface area contributed by atoms with Gasteiger partial charge in [-0.1, -0.05) is 24.3 Å². The van der Waals surface area contributed by atoms with Crippen LogP contribution in [0.2, 0.25) is 0 Å². The number of para-hydroxylation sites is 1. The molecule has 9 heteroatoms. The summed E-state index contributed by atoms with van der Waals surface area (Å²) in [6, 6.07) is 15.5. The van der Waals surface area contributed by atoms with Crippen LogP contribution < -0.4 is 10.1 Å². The molecule has 1 aliphatic heterocycles. The Bertz CT molecular complexity index is 1340. The summed E-state index contributed by atoms with van der Waals surface area (Å²) in [4.78, 5) is 33.0. The lowest BCUT2D eigenvalue weighted by Gasteiger charge is -2.26. The van der Waals surface area contributed by atoms with Crippen molar-refractivity contribution < 1.29 is 19.1 Å². The smallest absolute Gasteiger partial charge is 0.410 e. The minimum Gasteiger partial charge on any atom is -0.497 e. The molecule has 0 radical (unpaired) electrons. The number of ether oxygens (including phenoxy) is 2. The molecule has 0 saturated carbocycles. The highest BCUT2D eigenvalue weighted by atomic mass is 32.1.